The van der Waals surface area contributed by atoms with Crippen LogP contribution in [0.4, 0.5) is 20.2 Å². The van der Waals surface area contributed by atoms with E-state index in [1.807, 2.05) is 4.72 Å². The van der Waals surface area contributed by atoms with Gasteiger partial charge < -0.3 is 10.3 Å². The molecule has 36 heavy (non-hydrogen) atoms. The number of rotatable bonds is 8. The van der Waals surface area contributed by atoms with Gasteiger partial charge in [0.25, 0.3) is 5.91 Å². The van der Waals surface area contributed by atoms with Crippen LogP contribution in [0.1, 0.15) is 39.6 Å². The molecule has 12 heteroatoms. The van der Waals surface area contributed by atoms with Gasteiger partial charge in [0.15, 0.2) is 11.6 Å². The largest absolute Gasteiger partial charge is 0.345 e. The number of pyridine rings is 1. The Kier molecular flexibility index (Phi) is 7.04. The predicted octanol–water partition coefficient (Wildman–Crippen LogP) is 5.13. The number of hydrogen-bond acceptors (Lipinski definition) is 5. The van der Waals surface area contributed by atoms with Gasteiger partial charge in [-0.2, -0.15) is 0 Å². The van der Waals surface area contributed by atoms with Crippen LogP contribution < -0.4 is 10.0 Å². The minimum atomic E-state index is -3.87. The average Bonchev–Trinajstić information content (AvgIpc) is 3.24. The van der Waals surface area contributed by atoms with Crippen molar-refractivity contribution in [2.24, 2.45) is 0 Å². The Bertz CT molecular complexity index is 1590. The summed E-state index contributed by atoms with van der Waals surface area (Å²) in [5, 5.41) is 3.19. The summed E-state index contributed by atoms with van der Waals surface area (Å²) in [6.45, 7) is 1.63. The summed E-state index contributed by atoms with van der Waals surface area (Å²) in [5.74, 6) is -4.31. The SMILES string of the molecule is CCCS(=O)(=O)Nc1ccc(F)c(C(=O)Nc2cnc3[nH]cc(C(=O)c4ccc(Cl)cc4)c3c2)c1F. The second-order valence-electron chi connectivity index (χ2n) is 7.82. The van der Waals surface area contributed by atoms with Crippen molar-refractivity contribution < 1.29 is 26.8 Å². The lowest BCUT2D eigenvalue weighted by atomic mass is 10.0. The maximum atomic E-state index is 14.9. The van der Waals surface area contributed by atoms with E-state index in [0.29, 0.717) is 21.6 Å². The molecule has 0 radical (unpaired) electrons. The van der Waals surface area contributed by atoms with Crippen LogP contribution in [0.15, 0.2) is 54.9 Å². The highest BCUT2D eigenvalue weighted by molar-refractivity contribution is 7.92. The molecule has 0 aliphatic heterocycles. The fourth-order valence-electron chi connectivity index (χ4n) is 3.54. The van der Waals surface area contributed by atoms with E-state index in [-0.39, 0.29) is 29.2 Å². The molecule has 0 unspecified atom stereocenters. The third-order valence-electron chi connectivity index (χ3n) is 5.20. The zero-order chi connectivity index (χ0) is 26.0. The van der Waals surface area contributed by atoms with E-state index in [0.717, 1.165) is 12.1 Å². The van der Waals surface area contributed by atoms with Gasteiger partial charge in [-0.05, 0) is 48.9 Å². The van der Waals surface area contributed by atoms with Crippen molar-refractivity contribution in [1.82, 2.24) is 9.97 Å². The summed E-state index contributed by atoms with van der Waals surface area (Å²) < 4.78 is 55.4. The molecule has 186 valence electrons. The van der Waals surface area contributed by atoms with Gasteiger partial charge in [0.1, 0.15) is 17.0 Å². The van der Waals surface area contributed by atoms with Crippen LogP contribution in [0.2, 0.25) is 5.02 Å². The number of nitrogens with one attached hydrogen (secondary N) is 3. The van der Waals surface area contributed by atoms with Crippen LogP contribution in [0, 0.1) is 11.6 Å². The number of aromatic amines is 1. The Hall–Kier alpha value is -3.83. The number of halogens is 3. The van der Waals surface area contributed by atoms with Crippen molar-refractivity contribution in [3.05, 3.63) is 88.2 Å². The number of amides is 1. The molecular weight excluding hydrogens is 514 g/mol. The Labute approximate surface area is 209 Å². The minimum absolute atomic E-state index is 0.0630. The average molecular weight is 533 g/mol. The second-order valence-corrected chi connectivity index (χ2v) is 10.1. The number of nitrogens with zero attached hydrogens (tertiary/aromatic N) is 1. The first-order chi connectivity index (χ1) is 17.1. The molecule has 4 aromatic rings. The van der Waals surface area contributed by atoms with Crippen LogP contribution in [0.5, 0.6) is 0 Å². The Morgan fingerprint density at radius 1 is 1.11 bits per heavy atom. The van der Waals surface area contributed by atoms with Crippen molar-refractivity contribution in [2.45, 2.75) is 13.3 Å². The molecular formula is C24H19ClF2N4O4S. The zero-order valence-corrected chi connectivity index (χ0v) is 20.3. The van der Waals surface area contributed by atoms with Crippen molar-refractivity contribution in [1.29, 1.82) is 0 Å². The standard InChI is InChI=1S/C24H19ClF2N4O4S/c1-2-9-36(34,35)31-19-8-7-18(26)20(21(19)27)24(33)30-15-10-16-17(12-29-23(16)28-11-15)22(32)13-3-5-14(25)6-4-13/h3-8,10-12,31H,2,9H2,1H3,(H,28,29)(H,30,33). The summed E-state index contributed by atoms with van der Waals surface area (Å²) in [4.78, 5) is 32.7. The highest BCUT2D eigenvalue weighted by Crippen LogP contribution is 2.26. The number of carbonyl (C=O) groups excluding carboxylic acids is 2. The first-order valence-electron chi connectivity index (χ1n) is 10.7. The number of aromatic nitrogens is 2. The molecule has 0 bridgehead atoms. The summed E-state index contributed by atoms with van der Waals surface area (Å²) >= 11 is 5.88. The molecule has 0 saturated carbocycles. The molecule has 0 aliphatic carbocycles. The molecule has 0 spiro atoms. The lowest BCUT2D eigenvalue weighted by molar-refractivity contribution is 0.101. The predicted molar refractivity (Wildman–Crippen MR) is 133 cm³/mol. The molecule has 0 aliphatic rings. The number of fused-ring (bicyclic) bond motifs is 1. The number of anilines is 2. The zero-order valence-electron chi connectivity index (χ0n) is 18.7. The summed E-state index contributed by atoms with van der Waals surface area (Å²) in [7, 11) is -3.87. The van der Waals surface area contributed by atoms with Crippen molar-refractivity contribution >= 4 is 55.7 Å². The van der Waals surface area contributed by atoms with E-state index in [9.17, 15) is 26.8 Å². The number of hydrogen-bond donors (Lipinski definition) is 3. The lowest BCUT2D eigenvalue weighted by Crippen LogP contribution is -2.20. The first-order valence-corrected chi connectivity index (χ1v) is 12.7. The van der Waals surface area contributed by atoms with Crippen molar-refractivity contribution in [2.75, 3.05) is 15.8 Å². The highest BCUT2D eigenvalue weighted by Gasteiger charge is 2.23. The number of ketones is 1. The summed E-state index contributed by atoms with van der Waals surface area (Å²) in [5.41, 5.74) is -0.465. The van der Waals surface area contributed by atoms with Gasteiger partial charge in [0, 0.05) is 27.7 Å². The van der Waals surface area contributed by atoms with E-state index in [4.69, 9.17) is 11.6 Å². The molecule has 2 aromatic heterocycles. The highest BCUT2D eigenvalue weighted by atomic mass is 35.5. The van der Waals surface area contributed by atoms with Crippen molar-refractivity contribution in [3.63, 3.8) is 0 Å². The molecule has 0 atom stereocenters. The van der Waals surface area contributed by atoms with E-state index in [2.05, 4.69) is 15.3 Å². The summed E-state index contributed by atoms with van der Waals surface area (Å²) in [6, 6.07) is 9.41. The first kappa shape index (κ1) is 25.3. The molecule has 8 nitrogen and oxygen atoms in total. The van der Waals surface area contributed by atoms with Crippen LogP contribution in [-0.2, 0) is 10.0 Å². The van der Waals surface area contributed by atoms with E-state index >= 15 is 0 Å². The molecule has 0 saturated heterocycles. The van der Waals surface area contributed by atoms with Crippen LogP contribution >= 0.6 is 11.6 Å². The monoisotopic (exact) mass is 532 g/mol. The van der Waals surface area contributed by atoms with Gasteiger partial charge in [-0.3, -0.25) is 14.3 Å². The van der Waals surface area contributed by atoms with Crippen molar-refractivity contribution in [3.8, 4) is 0 Å². The topological polar surface area (TPSA) is 121 Å². The minimum Gasteiger partial charge on any atom is -0.345 e. The third kappa shape index (κ3) is 5.21. The number of sulfonamides is 1. The van der Waals surface area contributed by atoms with E-state index < -0.39 is 38.8 Å². The van der Waals surface area contributed by atoms with Gasteiger partial charge in [-0.15, -0.1) is 0 Å². The summed E-state index contributed by atoms with van der Waals surface area (Å²) in [6.07, 6.45) is 2.99. The Morgan fingerprint density at radius 3 is 2.53 bits per heavy atom. The molecule has 3 N–H and O–H groups in total. The quantitative estimate of drug-likeness (QED) is 0.272. The lowest BCUT2D eigenvalue weighted by Gasteiger charge is -2.12. The third-order valence-corrected chi connectivity index (χ3v) is 6.93. The van der Waals surface area contributed by atoms with Gasteiger partial charge in [0.2, 0.25) is 10.0 Å². The number of H-pyrrole nitrogens is 1. The van der Waals surface area contributed by atoms with Gasteiger partial charge in [-0.25, -0.2) is 22.2 Å². The maximum absolute atomic E-state index is 14.9. The number of carbonyl (C=O) groups is 2. The van der Waals surface area contributed by atoms with E-state index in [1.54, 1.807) is 31.2 Å². The molecule has 1 amide bonds. The molecule has 4 rings (SSSR count). The maximum Gasteiger partial charge on any atom is 0.261 e. The molecule has 2 aromatic carbocycles. The fourth-order valence-corrected chi connectivity index (χ4v) is 4.79. The normalized spacial score (nSPS) is 11.4. The second kappa shape index (κ2) is 10.0. The van der Waals surface area contributed by atoms with Gasteiger partial charge >= 0.3 is 0 Å². The van der Waals surface area contributed by atoms with Crippen LogP contribution in [-0.4, -0.2) is 35.8 Å². The Balaban J connectivity index is 1.64. The van der Waals surface area contributed by atoms with Gasteiger partial charge in [-0.1, -0.05) is 18.5 Å². The van der Waals surface area contributed by atoms with Gasteiger partial charge in [0.05, 0.1) is 23.3 Å². The number of benzene rings is 2. The fraction of sp³-hybridized carbons (Fsp3) is 0.125. The molecule has 2 heterocycles. The van der Waals surface area contributed by atoms with Crippen LogP contribution in [0.3, 0.4) is 0 Å². The van der Waals surface area contributed by atoms with E-state index in [1.165, 1.54) is 18.5 Å². The van der Waals surface area contributed by atoms with Crippen LogP contribution in [0.25, 0.3) is 11.0 Å². The molecule has 0 fully saturated rings. The Morgan fingerprint density at radius 2 is 1.83 bits per heavy atom. The smallest absolute Gasteiger partial charge is 0.261 e.